The first-order valence-corrected chi connectivity index (χ1v) is 12.8. The van der Waals surface area contributed by atoms with E-state index in [4.69, 9.17) is 21.9 Å². The molecule has 2 atom stereocenters. The van der Waals surface area contributed by atoms with Crippen LogP contribution in [0.25, 0.3) is 0 Å². The Kier molecular flexibility index (Phi) is 6.59. The van der Waals surface area contributed by atoms with Crippen LogP contribution in [0.2, 0.25) is 0 Å². The molecule has 0 bridgehead atoms. The Hall–Kier alpha value is -2.86. The predicted molar refractivity (Wildman–Crippen MR) is 140 cm³/mol. The van der Waals surface area contributed by atoms with E-state index in [0.29, 0.717) is 6.04 Å². The zero-order valence-corrected chi connectivity index (χ0v) is 21.1. The van der Waals surface area contributed by atoms with Crippen molar-refractivity contribution in [1.29, 1.82) is 0 Å². The molecule has 0 spiro atoms. The summed E-state index contributed by atoms with van der Waals surface area (Å²) in [6.45, 7) is 5.28. The third kappa shape index (κ3) is 4.31. The topological polar surface area (TPSA) is 42.3 Å². The van der Waals surface area contributed by atoms with Gasteiger partial charge in [0.25, 0.3) is 0 Å². The molecule has 1 N–H and O–H groups in total. The molecule has 1 aromatic carbocycles. The smallest absolute Gasteiger partial charge is 0.170 e. The lowest BCUT2D eigenvalue weighted by molar-refractivity contribution is 0.306. The van der Waals surface area contributed by atoms with Crippen LogP contribution in [0.3, 0.4) is 0 Å². The van der Waals surface area contributed by atoms with E-state index >= 15 is 0 Å². The largest absolute Gasteiger partial charge is 0.497 e. The summed E-state index contributed by atoms with van der Waals surface area (Å²) in [6, 6.07) is 17.5. The monoisotopic (exact) mass is 474 g/mol. The normalized spacial score (nSPS) is 21.0. The summed E-state index contributed by atoms with van der Waals surface area (Å²) < 4.78 is 7.95. The summed E-state index contributed by atoms with van der Waals surface area (Å²) >= 11 is 5.91. The number of aryl methyl sites for hydroxylation is 1. The van der Waals surface area contributed by atoms with Crippen LogP contribution in [0.5, 0.6) is 5.75 Å². The third-order valence-electron chi connectivity index (χ3n) is 7.49. The summed E-state index contributed by atoms with van der Waals surface area (Å²) in [7, 11) is 1.70. The van der Waals surface area contributed by atoms with Gasteiger partial charge in [0.2, 0.25) is 0 Å². The maximum atomic E-state index is 5.91. The van der Waals surface area contributed by atoms with Gasteiger partial charge in [-0.2, -0.15) is 0 Å². The van der Waals surface area contributed by atoms with Crippen molar-refractivity contribution < 1.29 is 4.74 Å². The van der Waals surface area contributed by atoms with Crippen LogP contribution in [-0.2, 0) is 6.54 Å². The number of pyridine rings is 1. The molecule has 178 valence electrons. The molecule has 0 radical (unpaired) electrons. The van der Waals surface area contributed by atoms with Crippen LogP contribution in [0.1, 0.15) is 78.4 Å². The zero-order chi connectivity index (χ0) is 23.7. The van der Waals surface area contributed by atoms with Crippen molar-refractivity contribution in [2.24, 2.45) is 0 Å². The quantitative estimate of drug-likeness (QED) is 0.432. The van der Waals surface area contributed by atoms with Gasteiger partial charge in [0.1, 0.15) is 5.75 Å². The number of hydrogen-bond donors (Lipinski definition) is 1. The minimum Gasteiger partial charge on any atom is -0.497 e. The standard InChI is InChI=1S/C28H34N4OS/c1-19-17-24(20(2)32(19)22-9-5-4-6-10-22)27-26(25-11-7-8-16-29-25)30-28(34)31(27)18-21-12-14-23(33-3)15-13-21/h7-8,11-17,22,26-27H,4-6,9-10,18H2,1-3H3,(H,30,34)/t26-,27-/m1/s1. The first-order chi connectivity index (χ1) is 16.6. The SMILES string of the molecule is COc1ccc(CN2C(=S)N[C@H](c3ccccn3)[C@H]2c2cc(C)n(C3CCCCC3)c2C)cc1. The Labute approximate surface area is 208 Å². The summed E-state index contributed by atoms with van der Waals surface area (Å²) in [5.74, 6) is 0.866. The van der Waals surface area contributed by atoms with Gasteiger partial charge in [-0.3, -0.25) is 4.98 Å². The Bertz CT molecular complexity index is 1140. The van der Waals surface area contributed by atoms with Gasteiger partial charge in [-0.15, -0.1) is 0 Å². The molecule has 5 rings (SSSR count). The molecule has 6 heteroatoms. The van der Waals surface area contributed by atoms with Crippen LogP contribution in [0, 0.1) is 13.8 Å². The summed E-state index contributed by atoms with van der Waals surface area (Å²) in [5.41, 5.74) is 6.29. The Morgan fingerprint density at radius 3 is 2.50 bits per heavy atom. The number of thiocarbonyl (C=S) groups is 1. The van der Waals surface area contributed by atoms with Crippen molar-refractivity contribution in [2.45, 2.75) is 70.6 Å². The van der Waals surface area contributed by atoms with Gasteiger partial charge in [-0.05, 0) is 80.4 Å². The van der Waals surface area contributed by atoms with Crippen molar-refractivity contribution in [3.05, 3.63) is 82.9 Å². The van der Waals surface area contributed by atoms with E-state index in [-0.39, 0.29) is 12.1 Å². The fraction of sp³-hybridized carbons (Fsp3) is 0.429. The number of ether oxygens (including phenoxy) is 1. The van der Waals surface area contributed by atoms with E-state index in [9.17, 15) is 0 Å². The van der Waals surface area contributed by atoms with E-state index in [2.05, 4.69) is 59.0 Å². The highest BCUT2D eigenvalue weighted by Crippen LogP contribution is 2.43. The number of benzene rings is 1. The van der Waals surface area contributed by atoms with E-state index < -0.39 is 0 Å². The molecule has 34 heavy (non-hydrogen) atoms. The molecule has 2 aliphatic rings. The van der Waals surface area contributed by atoms with Gasteiger partial charge in [0, 0.05) is 30.2 Å². The van der Waals surface area contributed by atoms with Gasteiger partial charge < -0.3 is 19.5 Å². The number of nitrogens with zero attached hydrogens (tertiary/aromatic N) is 3. The lowest BCUT2D eigenvalue weighted by Crippen LogP contribution is -2.29. The van der Waals surface area contributed by atoms with Crippen molar-refractivity contribution >= 4 is 17.3 Å². The maximum absolute atomic E-state index is 5.91. The highest BCUT2D eigenvalue weighted by Gasteiger charge is 2.41. The molecule has 3 heterocycles. The molecule has 2 aromatic heterocycles. The molecule has 0 amide bonds. The van der Waals surface area contributed by atoms with Crippen LogP contribution in [0.4, 0.5) is 0 Å². The fourth-order valence-corrected chi connectivity index (χ4v) is 6.15. The Balaban J connectivity index is 1.54. The van der Waals surface area contributed by atoms with Crippen LogP contribution >= 0.6 is 12.2 Å². The second kappa shape index (κ2) is 9.79. The first kappa shape index (κ1) is 22.9. The molecule has 1 saturated carbocycles. The van der Waals surface area contributed by atoms with Crippen LogP contribution < -0.4 is 10.1 Å². The van der Waals surface area contributed by atoms with Crippen molar-refractivity contribution in [2.75, 3.05) is 7.11 Å². The second-order valence-electron chi connectivity index (χ2n) is 9.59. The van der Waals surface area contributed by atoms with Crippen molar-refractivity contribution in [3.8, 4) is 5.75 Å². The number of aromatic nitrogens is 2. The highest BCUT2D eigenvalue weighted by molar-refractivity contribution is 7.80. The fourth-order valence-electron chi connectivity index (χ4n) is 5.85. The average molecular weight is 475 g/mol. The number of nitrogens with one attached hydrogen (secondary N) is 1. The minimum atomic E-state index is 0.00672. The molecule has 2 fully saturated rings. The predicted octanol–water partition coefficient (Wildman–Crippen LogP) is 6.19. The van der Waals surface area contributed by atoms with Gasteiger partial charge >= 0.3 is 0 Å². The molecule has 0 unspecified atom stereocenters. The molecule has 1 aliphatic heterocycles. The minimum absolute atomic E-state index is 0.00672. The number of hydrogen-bond acceptors (Lipinski definition) is 3. The Morgan fingerprint density at radius 2 is 1.82 bits per heavy atom. The number of rotatable bonds is 6. The average Bonchev–Trinajstić information content (AvgIpc) is 3.35. The van der Waals surface area contributed by atoms with Crippen molar-refractivity contribution in [3.63, 3.8) is 0 Å². The summed E-state index contributed by atoms with van der Waals surface area (Å²) in [5, 5.41) is 4.38. The van der Waals surface area contributed by atoms with Crippen LogP contribution in [-0.4, -0.2) is 26.7 Å². The van der Waals surface area contributed by atoms with Gasteiger partial charge in [0.05, 0.1) is 24.9 Å². The van der Waals surface area contributed by atoms with Crippen molar-refractivity contribution in [1.82, 2.24) is 19.8 Å². The van der Waals surface area contributed by atoms with Gasteiger partial charge in [-0.25, -0.2) is 0 Å². The Morgan fingerprint density at radius 1 is 1.06 bits per heavy atom. The van der Waals surface area contributed by atoms with E-state index in [1.807, 2.05) is 24.4 Å². The second-order valence-corrected chi connectivity index (χ2v) is 9.98. The molecule has 1 aliphatic carbocycles. The van der Waals surface area contributed by atoms with E-state index in [1.54, 1.807) is 7.11 Å². The lowest BCUT2D eigenvalue weighted by atomic mass is 9.94. The zero-order valence-electron chi connectivity index (χ0n) is 20.3. The molecule has 1 saturated heterocycles. The van der Waals surface area contributed by atoms with Gasteiger partial charge in [-0.1, -0.05) is 37.5 Å². The van der Waals surface area contributed by atoms with Gasteiger partial charge in [0.15, 0.2) is 5.11 Å². The number of methoxy groups -OCH3 is 1. The maximum Gasteiger partial charge on any atom is 0.170 e. The summed E-state index contributed by atoms with van der Waals surface area (Å²) in [6.07, 6.45) is 8.43. The molecular weight excluding hydrogens is 440 g/mol. The molecule has 5 nitrogen and oxygen atoms in total. The molecular formula is C28H34N4OS. The summed E-state index contributed by atoms with van der Waals surface area (Å²) in [4.78, 5) is 7.05. The third-order valence-corrected chi connectivity index (χ3v) is 7.84. The van der Waals surface area contributed by atoms with Crippen LogP contribution in [0.15, 0.2) is 54.7 Å². The molecule has 3 aromatic rings. The first-order valence-electron chi connectivity index (χ1n) is 12.4. The van der Waals surface area contributed by atoms with E-state index in [1.165, 1.54) is 54.6 Å². The lowest BCUT2D eigenvalue weighted by Gasteiger charge is -2.30. The van der Waals surface area contributed by atoms with E-state index in [0.717, 1.165) is 23.1 Å². The highest BCUT2D eigenvalue weighted by atomic mass is 32.1.